The number of H-pyrrole nitrogens is 1. The van der Waals surface area contributed by atoms with E-state index < -0.39 is 10.0 Å². The van der Waals surface area contributed by atoms with Crippen molar-refractivity contribution >= 4 is 26.6 Å². The third-order valence-corrected chi connectivity index (χ3v) is 6.61. The number of nitrogens with zero attached hydrogens (tertiary/aromatic N) is 1. The number of benzene rings is 1. The standard InChI is InChI=1S/C24H25N3O4S/c1-4-32(29,30)26-17-9-11-22(31-18-7-5-6-16(2)8-10-18)20(14-17)21-15-27(3)24(28)23-19(21)12-13-25-23/h5,7-15,25-26H,4,6H2,1-3H3. The molecule has 0 saturated carbocycles. The molecule has 1 aromatic carbocycles. The van der Waals surface area contributed by atoms with Crippen LogP contribution in [-0.2, 0) is 17.1 Å². The smallest absolute Gasteiger partial charge is 0.274 e. The molecule has 0 aliphatic heterocycles. The van der Waals surface area contributed by atoms with Crippen molar-refractivity contribution < 1.29 is 13.2 Å². The Labute approximate surface area is 186 Å². The Kier molecular flexibility index (Phi) is 5.80. The zero-order chi connectivity index (χ0) is 22.9. The minimum Gasteiger partial charge on any atom is -0.457 e. The minimum absolute atomic E-state index is 0.0359. The number of nitrogens with one attached hydrogen (secondary N) is 2. The van der Waals surface area contributed by atoms with Gasteiger partial charge in [0.2, 0.25) is 10.0 Å². The third-order valence-electron chi connectivity index (χ3n) is 5.30. The Bertz CT molecular complexity index is 1440. The molecular weight excluding hydrogens is 426 g/mol. The fourth-order valence-electron chi connectivity index (χ4n) is 3.53. The number of aromatic amines is 1. The molecule has 7 nitrogen and oxygen atoms in total. The Morgan fingerprint density at radius 2 is 2.00 bits per heavy atom. The van der Waals surface area contributed by atoms with E-state index in [2.05, 4.69) is 16.6 Å². The maximum Gasteiger partial charge on any atom is 0.274 e. The summed E-state index contributed by atoms with van der Waals surface area (Å²) in [5.74, 6) is 1.18. The highest BCUT2D eigenvalue weighted by Gasteiger charge is 2.17. The van der Waals surface area contributed by atoms with E-state index in [-0.39, 0.29) is 11.3 Å². The van der Waals surface area contributed by atoms with Gasteiger partial charge in [0.25, 0.3) is 5.56 Å². The first-order valence-corrected chi connectivity index (χ1v) is 12.0. The lowest BCUT2D eigenvalue weighted by molar-refractivity contribution is 0.446. The van der Waals surface area contributed by atoms with Gasteiger partial charge in [-0.1, -0.05) is 17.7 Å². The van der Waals surface area contributed by atoms with Crippen LogP contribution in [0.1, 0.15) is 20.3 Å². The van der Waals surface area contributed by atoms with Crippen molar-refractivity contribution in [2.24, 2.45) is 7.05 Å². The van der Waals surface area contributed by atoms with Crippen LogP contribution in [0.15, 0.2) is 77.1 Å². The molecule has 2 heterocycles. The third kappa shape index (κ3) is 4.40. The molecule has 166 valence electrons. The minimum atomic E-state index is -3.45. The van der Waals surface area contributed by atoms with Crippen LogP contribution in [0.25, 0.3) is 22.0 Å². The fourth-order valence-corrected chi connectivity index (χ4v) is 4.16. The van der Waals surface area contributed by atoms with Gasteiger partial charge in [-0.05, 0) is 56.7 Å². The van der Waals surface area contributed by atoms with Crippen LogP contribution in [-0.4, -0.2) is 23.7 Å². The van der Waals surface area contributed by atoms with Crippen LogP contribution in [0.2, 0.25) is 0 Å². The van der Waals surface area contributed by atoms with Gasteiger partial charge in [0, 0.05) is 41.6 Å². The van der Waals surface area contributed by atoms with E-state index in [1.165, 1.54) is 10.1 Å². The van der Waals surface area contributed by atoms with Crippen LogP contribution in [0, 0.1) is 0 Å². The fraction of sp³-hybridized carbons (Fsp3) is 0.208. The maximum atomic E-state index is 12.5. The number of hydrogen-bond acceptors (Lipinski definition) is 4. The zero-order valence-electron chi connectivity index (χ0n) is 18.2. The number of allylic oxidation sites excluding steroid dienone is 5. The molecule has 0 fully saturated rings. The van der Waals surface area contributed by atoms with Crippen molar-refractivity contribution in [3.8, 4) is 16.9 Å². The second-order valence-electron chi connectivity index (χ2n) is 7.73. The predicted octanol–water partition coefficient (Wildman–Crippen LogP) is 4.46. The average molecular weight is 452 g/mol. The molecule has 3 aromatic rings. The van der Waals surface area contributed by atoms with Crippen molar-refractivity contribution in [1.29, 1.82) is 0 Å². The van der Waals surface area contributed by atoms with Crippen LogP contribution < -0.4 is 15.0 Å². The number of sulfonamides is 1. The Balaban J connectivity index is 1.89. The van der Waals surface area contributed by atoms with Crippen LogP contribution in [0.4, 0.5) is 5.69 Å². The van der Waals surface area contributed by atoms with Gasteiger partial charge in [0.05, 0.1) is 5.75 Å². The van der Waals surface area contributed by atoms with Crippen molar-refractivity contribution in [3.63, 3.8) is 0 Å². The number of hydrogen-bond donors (Lipinski definition) is 2. The summed E-state index contributed by atoms with van der Waals surface area (Å²) in [6, 6.07) is 6.97. The number of aromatic nitrogens is 2. The molecule has 0 radical (unpaired) electrons. The van der Waals surface area contributed by atoms with Gasteiger partial charge < -0.3 is 14.3 Å². The predicted molar refractivity (Wildman–Crippen MR) is 128 cm³/mol. The summed E-state index contributed by atoms with van der Waals surface area (Å²) >= 11 is 0. The van der Waals surface area contributed by atoms with E-state index in [0.717, 1.165) is 17.4 Å². The molecule has 0 spiro atoms. The van der Waals surface area contributed by atoms with E-state index in [0.29, 0.717) is 28.3 Å². The molecule has 0 bridgehead atoms. The zero-order valence-corrected chi connectivity index (χ0v) is 19.0. The van der Waals surface area contributed by atoms with Crippen LogP contribution in [0.3, 0.4) is 0 Å². The quantitative estimate of drug-likeness (QED) is 0.579. The molecule has 8 heteroatoms. The first-order chi connectivity index (χ1) is 15.3. The van der Waals surface area contributed by atoms with Crippen molar-refractivity contribution in [2.45, 2.75) is 20.3 Å². The van der Waals surface area contributed by atoms with E-state index in [1.54, 1.807) is 44.6 Å². The van der Waals surface area contributed by atoms with Crippen molar-refractivity contribution in [3.05, 3.63) is 82.6 Å². The summed E-state index contributed by atoms with van der Waals surface area (Å²) in [5, 5.41) is 0.731. The van der Waals surface area contributed by atoms with Gasteiger partial charge in [-0.2, -0.15) is 0 Å². The number of anilines is 1. The topological polar surface area (TPSA) is 93.2 Å². The summed E-state index contributed by atoms with van der Waals surface area (Å²) in [6.07, 6.45) is 12.2. The van der Waals surface area contributed by atoms with Crippen molar-refractivity contribution in [2.75, 3.05) is 10.5 Å². The van der Waals surface area contributed by atoms with E-state index in [1.807, 2.05) is 30.4 Å². The lowest BCUT2D eigenvalue weighted by atomic mass is 10.0. The van der Waals surface area contributed by atoms with E-state index in [9.17, 15) is 13.2 Å². The lowest BCUT2D eigenvalue weighted by Gasteiger charge is -2.16. The molecule has 2 aromatic heterocycles. The van der Waals surface area contributed by atoms with Crippen molar-refractivity contribution in [1.82, 2.24) is 9.55 Å². The van der Waals surface area contributed by atoms with E-state index in [4.69, 9.17) is 4.74 Å². The summed E-state index contributed by atoms with van der Waals surface area (Å²) in [4.78, 5) is 15.5. The highest BCUT2D eigenvalue weighted by Crippen LogP contribution is 2.37. The highest BCUT2D eigenvalue weighted by atomic mass is 32.2. The largest absolute Gasteiger partial charge is 0.457 e. The molecule has 4 rings (SSSR count). The highest BCUT2D eigenvalue weighted by molar-refractivity contribution is 7.92. The SMILES string of the molecule is CCS(=O)(=O)Nc1ccc(OC2=CC=C(C)CC=C2)c(-c2cn(C)c(=O)c3[nH]ccc23)c1. The second-order valence-corrected chi connectivity index (χ2v) is 9.74. The number of ether oxygens (including phenoxy) is 1. The van der Waals surface area contributed by atoms with Gasteiger partial charge in [-0.25, -0.2) is 8.42 Å². The number of aryl methyl sites for hydroxylation is 1. The Morgan fingerprint density at radius 3 is 2.78 bits per heavy atom. The first kappa shape index (κ1) is 21.7. The van der Waals surface area contributed by atoms with Gasteiger partial charge in [-0.15, -0.1) is 0 Å². The Morgan fingerprint density at radius 1 is 1.19 bits per heavy atom. The first-order valence-electron chi connectivity index (χ1n) is 10.3. The van der Waals surface area contributed by atoms with Crippen LogP contribution in [0.5, 0.6) is 5.75 Å². The van der Waals surface area contributed by atoms with Gasteiger partial charge in [0.1, 0.15) is 17.0 Å². The molecule has 2 N–H and O–H groups in total. The van der Waals surface area contributed by atoms with Gasteiger partial charge >= 0.3 is 0 Å². The summed E-state index contributed by atoms with van der Waals surface area (Å²) in [6.45, 7) is 3.63. The molecule has 32 heavy (non-hydrogen) atoms. The number of pyridine rings is 1. The molecule has 1 aliphatic rings. The summed E-state index contributed by atoms with van der Waals surface area (Å²) < 4.78 is 34.6. The normalized spacial score (nSPS) is 14.1. The molecule has 0 unspecified atom stereocenters. The number of rotatable bonds is 6. The Hall–Kier alpha value is -3.52. The van der Waals surface area contributed by atoms with Gasteiger partial charge in [-0.3, -0.25) is 9.52 Å². The average Bonchev–Trinajstić information content (AvgIpc) is 3.16. The second kappa shape index (κ2) is 8.55. The van der Waals surface area contributed by atoms with Crippen LogP contribution >= 0.6 is 0 Å². The monoisotopic (exact) mass is 451 g/mol. The molecule has 0 amide bonds. The summed E-state index contributed by atoms with van der Waals surface area (Å²) in [5.41, 5.74) is 3.39. The molecule has 0 atom stereocenters. The number of fused-ring (bicyclic) bond motifs is 1. The lowest BCUT2D eigenvalue weighted by Crippen LogP contribution is -2.17. The maximum absolute atomic E-state index is 12.5. The molecule has 1 aliphatic carbocycles. The molecule has 0 saturated heterocycles. The molecular formula is C24H25N3O4S. The van der Waals surface area contributed by atoms with Gasteiger partial charge in [0.15, 0.2) is 0 Å². The summed E-state index contributed by atoms with van der Waals surface area (Å²) in [7, 11) is -1.77. The van der Waals surface area contributed by atoms with E-state index >= 15 is 0 Å².